The number of carbonyl (C=O) groups excluding carboxylic acids is 1. The molecule has 0 saturated carbocycles. The van der Waals surface area contributed by atoms with Gasteiger partial charge in [-0.2, -0.15) is 0 Å². The lowest BCUT2D eigenvalue weighted by Crippen LogP contribution is -2.28. The van der Waals surface area contributed by atoms with Gasteiger partial charge in [0.2, 0.25) is 0 Å². The molecule has 27 heavy (non-hydrogen) atoms. The second-order valence-corrected chi connectivity index (χ2v) is 8.54. The molecule has 3 nitrogen and oxygen atoms in total. The molecule has 1 N–H and O–H groups in total. The van der Waals surface area contributed by atoms with Crippen LogP contribution in [-0.2, 0) is 9.53 Å². The Kier molecular flexibility index (Phi) is 7.90. The zero-order valence-corrected chi connectivity index (χ0v) is 16.8. The molecule has 0 amide bonds. The molecular formula is C24H36O3. The van der Waals surface area contributed by atoms with Crippen LogP contribution in [0.15, 0.2) is 30.3 Å². The Bertz CT molecular complexity index is 570. The highest BCUT2D eigenvalue weighted by atomic mass is 16.5. The van der Waals surface area contributed by atoms with E-state index in [1.807, 2.05) is 25.1 Å². The SMILES string of the molecule is CC(C(=O)CCC1C2CCC(O2)C1CCCCCCCO)c1ccccc1. The van der Waals surface area contributed by atoms with Gasteiger partial charge in [0.1, 0.15) is 5.78 Å². The smallest absolute Gasteiger partial charge is 0.140 e. The van der Waals surface area contributed by atoms with Crippen LogP contribution in [0.4, 0.5) is 0 Å². The van der Waals surface area contributed by atoms with Gasteiger partial charge in [0.05, 0.1) is 12.2 Å². The minimum absolute atomic E-state index is 0.00400. The van der Waals surface area contributed by atoms with Crippen molar-refractivity contribution in [2.45, 2.75) is 89.3 Å². The number of ketones is 1. The van der Waals surface area contributed by atoms with Gasteiger partial charge in [-0.05, 0) is 49.5 Å². The second kappa shape index (κ2) is 10.4. The van der Waals surface area contributed by atoms with Crippen LogP contribution >= 0.6 is 0 Å². The molecule has 0 aromatic heterocycles. The van der Waals surface area contributed by atoms with Crippen LogP contribution < -0.4 is 0 Å². The summed E-state index contributed by atoms with van der Waals surface area (Å²) < 4.78 is 6.23. The number of rotatable bonds is 12. The predicted octanol–water partition coefficient (Wildman–Crippen LogP) is 5.27. The predicted molar refractivity (Wildman–Crippen MR) is 109 cm³/mol. The average Bonchev–Trinajstić information content (AvgIpc) is 3.30. The van der Waals surface area contributed by atoms with E-state index in [1.54, 1.807) is 0 Å². The summed E-state index contributed by atoms with van der Waals surface area (Å²) in [5, 5.41) is 8.87. The largest absolute Gasteiger partial charge is 0.396 e. The maximum absolute atomic E-state index is 12.7. The van der Waals surface area contributed by atoms with Crippen LogP contribution in [0.1, 0.15) is 82.6 Å². The maximum Gasteiger partial charge on any atom is 0.140 e. The van der Waals surface area contributed by atoms with Crippen molar-refractivity contribution in [3.63, 3.8) is 0 Å². The van der Waals surface area contributed by atoms with E-state index in [-0.39, 0.29) is 5.92 Å². The molecule has 0 spiro atoms. The first-order valence-electron chi connectivity index (χ1n) is 11.0. The van der Waals surface area contributed by atoms with Gasteiger partial charge in [0.15, 0.2) is 0 Å². The third-order valence-corrected chi connectivity index (χ3v) is 6.79. The summed E-state index contributed by atoms with van der Waals surface area (Å²) >= 11 is 0. The first-order chi connectivity index (χ1) is 13.2. The Labute approximate surface area is 164 Å². The first kappa shape index (κ1) is 20.5. The number of carbonyl (C=O) groups is 1. The van der Waals surface area contributed by atoms with Crippen LogP contribution in [0, 0.1) is 11.8 Å². The van der Waals surface area contributed by atoms with Crippen LogP contribution in [0.2, 0.25) is 0 Å². The van der Waals surface area contributed by atoms with E-state index in [1.165, 1.54) is 38.5 Å². The topological polar surface area (TPSA) is 46.5 Å². The number of hydrogen-bond donors (Lipinski definition) is 1. The van der Waals surface area contributed by atoms with Crippen molar-refractivity contribution in [3.8, 4) is 0 Å². The lowest BCUT2D eigenvalue weighted by molar-refractivity contribution is -0.120. The highest BCUT2D eigenvalue weighted by Gasteiger charge is 2.47. The van der Waals surface area contributed by atoms with Crippen LogP contribution in [0.5, 0.6) is 0 Å². The Morgan fingerprint density at radius 1 is 1.00 bits per heavy atom. The first-order valence-corrected chi connectivity index (χ1v) is 11.0. The van der Waals surface area contributed by atoms with Crippen molar-refractivity contribution in [1.82, 2.24) is 0 Å². The highest BCUT2D eigenvalue weighted by Crippen LogP contribution is 2.47. The van der Waals surface area contributed by atoms with Gasteiger partial charge in [0, 0.05) is 18.9 Å². The van der Waals surface area contributed by atoms with E-state index in [4.69, 9.17) is 9.84 Å². The molecule has 2 heterocycles. The lowest BCUT2D eigenvalue weighted by atomic mass is 9.74. The van der Waals surface area contributed by atoms with E-state index in [0.717, 1.165) is 24.8 Å². The summed E-state index contributed by atoms with van der Waals surface area (Å²) in [4.78, 5) is 12.7. The molecular weight excluding hydrogens is 336 g/mol. The molecule has 2 aliphatic heterocycles. The minimum Gasteiger partial charge on any atom is -0.396 e. The molecule has 5 unspecified atom stereocenters. The van der Waals surface area contributed by atoms with Crippen LogP contribution in [0.25, 0.3) is 0 Å². The molecule has 0 radical (unpaired) electrons. The summed E-state index contributed by atoms with van der Waals surface area (Å²) in [6, 6.07) is 10.1. The van der Waals surface area contributed by atoms with Crippen molar-refractivity contribution >= 4 is 5.78 Å². The zero-order valence-electron chi connectivity index (χ0n) is 16.8. The lowest BCUT2D eigenvalue weighted by Gasteiger charge is -2.28. The molecule has 2 fully saturated rings. The summed E-state index contributed by atoms with van der Waals surface area (Å²) in [6.07, 6.45) is 12.0. The summed E-state index contributed by atoms with van der Waals surface area (Å²) in [5.74, 6) is 1.59. The van der Waals surface area contributed by atoms with Crippen molar-refractivity contribution in [2.75, 3.05) is 6.61 Å². The molecule has 0 aliphatic carbocycles. The number of aliphatic hydroxyl groups is 1. The Morgan fingerprint density at radius 2 is 1.63 bits per heavy atom. The molecule has 1 aromatic rings. The molecule has 1 aromatic carbocycles. The fourth-order valence-corrected chi connectivity index (χ4v) is 5.15. The van der Waals surface area contributed by atoms with Crippen LogP contribution in [-0.4, -0.2) is 29.7 Å². The van der Waals surface area contributed by atoms with Crippen molar-refractivity contribution < 1.29 is 14.6 Å². The molecule has 2 aliphatic rings. The number of aliphatic hydroxyl groups excluding tert-OH is 1. The summed E-state index contributed by atoms with van der Waals surface area (Å²) in [5.41, 5.74) is 1.13. The van der Waals surface area contributed by atoms with Gasteiger partial charge in [-0.1, -0.05) is 62.9 Å². The number of Topliss-reactive ketones (excluding diaryl/α,β-unsaturated/α-hetero) is 1. The number of ether oxygens (including phenoxy) is 1. The standard InChI is InChI=1S/C24H36O3/c1-18(19-10-6-5-7-11-19)22(26)14-13-21-20(23-15-16-24(21)27-23)12-8-3-2-4-9-17-25/h5-7,10-11,18,20-21,23-25H,2-4,8-9,12-17H2,1H3. The summed E-state index contributed by atoms with van der Waals surface area (Å²) in [7, 11) is 0. The minimum atomic E-state index is -0.00400. The number of benzene rings is 1. The van der Waals surface area contributed by atoms with Gasteiger partial charge in [0.25, 0.3) is 0 Å². The van der Waals surface area contributed by atoms with Gasteiger partial charge in [-0.15, -0.1) is 0 Å². The third kappa shape index (κ3) is 5.42. The fourth-order valence-electron chi connectivity index (χ4n) is 5.15. The quantitative estimate of drug-likeness (QED) is 0.509. The van der Waals surface area contributed by atoms with Crippen molar-refractivity contribution in [1.29, 1.82) is 0 Å². The van der Waals surface area contributed by atoms with E-state index >= 15 is 0 Å². The zero-order chi connectivity index (χ0) is 19.1. The van der Waals surface area contributed by atoms with E-state index in [9.17, 15) is 4.79 Å². The highest BCUT2D eigenvalue weighted by molar-refractivity contribution is 5.85. The summed E-state index contributed by atoms with van der Waals surface area (Å²) in [6.45, 7) is 2.36. The van der Waals surface area contributed by atoms with Crippen molar-refractivity contribution in [3.05, 3.63) is 35.9 Å². The van der Waals surface area contributed by atoms with Crippen molar-refractivity contribution in [2.24, 2.45) is 11.8 Å². The molecule has 3 rings (SSSR count). The van der Waals surface area contributed by atoms with Gasteiger partial charge < -0.3 is 9.84 Å². The van der Waals surface area contributed by atoms with Gasteiger partial charge in [-0.3, -0.25) is 4.79 Å². The molecule has 3 heteroatoms. The van der Waals surface area contributed by atoms with E-state index in [0.29, 0.717) is 42.9 Å². The third-order valence-electron chi connectivity index (χ3n) is 6.79. The Hall–Kier alpha value is -1.19. The number of fused-ring (bicyclic) bond motifs is 2. The molecule has 2 bridgehead atoms. The Balaban J connectivity index is 1.45. The molecule has 2 saturated heterocycles. The van der Waals surface area contributed by atoms with E-state index < -0.39 is 0 Å². The maximum atomic E-state index is 12.7. The average molecular weight is 373 g/mol. The fraction of sp³-hybridized carbons (Fsp3) is 0.708. The van der Waals surface area contributed by atoms with E-state index in [2.05, 4.69) is 12.1 Å². The second-order valence-electron chi connectivity index (χ2n) is 8.54. The Morgan fingerprint density at radius 3 is 2.33 bits per heavy atom. The van der Waals surface area contributed by atoms with Gasteiger partial charge in [-0.25, -0.2) is 0 Å². The van der Waals surface area contributed by atoms with Crippen LogP contribution in [0.3, 0.4) is 0 Å². The molecule has 150 valence electrons. The van der Waals surface area contributed by atoms with Gasteiger partial charge >= 0.3 is 0 Å². The number of unbranched alkanes of at least 4 members (excludes halogenated alkanes) is 4. The number of hydrogen-bond acceptors (Lipinski definition) is 3. The molecule has 5 atom stereocenters. The normalized spacial score (nSPS) is 27.8. The monoisotopic (exact) mass is 372 g/mol.